The van der Waals surface area contributed by atoms with Crippen LogP contribution < -0.4 is 10.2 Å². The third kappa shape index (κ3) is 27.3. The van der Waals surface area contributed by atoms with E-state index in [0.717, 1.165) is 32.1 Å². The van der Waals surface area contributed by atoms with Gasteiger partial charge < -0.3 is 28.8 Å². The average Bonchev–Trinajstić information content (AvgIpc) is 2.90. The summed E-state index contributed by atoms with van der Waals surface area (Å²) >= 11 is 0. The molecule has 0 aromatic carbocycles. The zero-order valence-electron chi connectivity index (χ0n) is 26.7. The predicted octanol–water partition coefficient (Wildman–Crippen LogP) is 6.60. The van der Waals surface area contributed by atoms with Crippen molar-refractivity contribution in [3.05, 3.63) is 36.5 Å². The molecule has 0 heterocycles. The smallest absolute Gasteiger partial charge is 0.268 e. The first-order valence-electron chi connectivity index (χ1n) is 15.9. The van der Waals surface area contributed by atoms with E-state index < -0.39 is 26.6 Å². The number of carbonyl (C=O) groups is 1. The van der Waals surface area contributed by atoms with Crippen LogP contribution in [0.1, 0.15) is 110 Å². The number of aliphatic hydroxyl groups excluding tert-OH is 1. The highest BCUT2D eigenvalue weighted by atomic mass is 31.2. The Morgan fingerprint density at radius 3 is 1.95 bits per heavy atom. The minimum Gasteiger partial charge on any atom is -0.756 e. The van der Waals surface area contributed by atoms with Gasteiger partial charge in [-0.3, -0.25) is 9.36 Å². The Kier molecular flexibility index (Phi) is 24.5. The molecule has 0 rings (SSSR count). The van der Waals surface area contributed by atoms with Gasteiger partial charge in [0.25, 0.3) is 7.82 Å². The molecule has 0 aliphatic rings. The van der Waals surface area contributed by atoms with Crippen molar-refractivity contribution < 1.29 is 32.9 Å². The molecular formula is C32H61N2O6P. The lowest BCUT2D eigenvalue weighted by atomic mass is 10.1. The molecule has 0 aliphatic heterocycles. The maximum Gasteiger partial charge on any atom is 0.268 e. The predicted molar refractivity (Wildman–Crippen MR) is 168 cm³/mol. The van der Waals surface area contributed by atoms with Gasteiger partial charge in [-0.05, 0) is 44.9 Å². The number of likely N-dealkylation sites (N-methyl/N-ethyl adjacent to an activating group) is 1. The van der Waals surface area contributed by atoms with Crippen molar-refractivity contribution in [3.63, 3.8) is 0 Å². The Hall–Kier alpha value is -1.28. The van der Waals surface area contributed by atoms with E-state index >= 15 is 0 Å². The van der Waals surface area contributed by atoms with E-state index in [2.05, 4.69) is 36.5 Å². The maximum atomic E-state index is 12.3. The Morgan fingerprint density at radius 1 is 0.829 bits per heavy atom. The lowest BCUT2D eigenvalue weighted by Gasteiger charge is -2.29. The van der Waals surface area contributed by atoms with Gasteiger partial charge in [0, 0.05) is 6.42 Å². The minimum atomic E-state index is -4.56. The highest BCUT2D eigenvalue weighted by Gasteiger charge is 2.23. The van der Waals surface area contributed by atoms with Gasteiger partial charge in [-0.25, -0.2) is 0 Å². The molecule has 41 heavy (non-hydrogen) atoms. The molecule has 0 aromatic rings. The summed E-state index contributed by atoms with van der Waals surface area (Å²) in [7, 11) is 1.22. The summed E-state index contributed by atoms with van der Waals surface area (Å²) in [4.78, 5) is 24.4. The summed E-state index contributed by atoms with van der Waals surface area (Å²) in [5, 5.41) is 13.4. The number of nitrogens with one attached hydrogen (secondary N) is 1. The number of rotatable bonds is 27. The number of hydrogen-bond acceptors (Lipinski definition) is 6. The number of phosphoric acid groups is 1. The van der Waals surface area contributed by atoms with Crippen LogP contribution in [-0.2, 0) is 18.4 Å². The van der Waals surface area contributed by atoms with Crippen LogP contribution in [-0.4, -0.2) is 68.5 Å². The van der Waals surface area contributed by atoms with E-state index in [0.29, 0.717) is 23.9 Å². The van der Waals surface area contributed by atoms with Crippen LogP contribution in [0.5, 0.6) is 0 Å². The lowest BCUT2D eigenvalue weighted by Crippen LogP contribution is -2.45. The summed E-state index contributed by atoms with van der Waals surface area (Å²) < 4.78 is 22.7. The molecule has 0 aliphatic carbocycles. The molecule has 0 bridgehead atoms. The van der Waals surface area contributed by atoms with Crippen LogP contribution in [0.4, 0.5) is 0 Å². The molecule has 9 heteroatoms. The second-order valence-corrected chi connectivity index (χ2v) is 13.2. The molecule has 3 unspecified atom stereocenters. The first-order valence-corrected chi connectivity index (χ1v) is 17.3. The third-order valence-corrected chi connectivity index (χ3v) is 7.54. The summed E-state index contributed by atoms with van der Waals surface area (Å²) in [6.07, 6.45) is 27.3. The van der Waals surface area contributed by atoms with Gasteiger partial charge in [0.2, 0.25) is 5.91 Å². The van der Waals surface area contributed by atoms with E-state index in [-0.39, 0.29) is 12.5 Å². The number of unbranched alkanes of at least 4 members (excludes halogenated alkanes) is 10. The van der Waals surface area contributed by atoms with Crippen molar-refractivity contribution in [3.8, 4) is 0 Å². The fourth-order valence-electron chi connectivity index (χ4n) is 3.92. The summed E-state index contributed by atoms with van der Waals surface area (Å²) in [6, 6.07) is -0.900. The second-order valence-electron chi connectivity index (χ2n) is 11.8. The van der Waals surface area contributed by atoms with E-state index in [1.54, 1.807) is 6.08 Å². The number of allylic oxidation sites excluding steroid dienone is 5. The van der Waals surface area contributed by atoms with Gasteiger partial charge in [-0.2, -0.15) is 0 Å². The topological polar surface area (TPSA) is 108 Å². The molecule has 0 spiro atoms. The van der Waals surface area contributed by atoms with Crippen molar-refractivity contribution in [1.82, 2.24) is 5.32 Å². The van der Waals surface area contributed by atoms with Crippen molar-refractivity contribution in [2.24, 2.45) is 0 Å². The van der Waals surface area contributed by atoms with Crippen LogP contribution in [0, 0.1) is 0 Å². The number of nitrogens with zero attached hydrogens (tertiary/aromatic N) is 1. The van der Waals surface area contributed by atoms with Crippen molar-refractivity contribution in [2.45, 2.75) is 122 Å². The first kappa shape index (κ1) is 39.7. The molecule has 0 aromatic heterocycles. The van der Waals surface area contributed by atoms with E-state index in [1.165, 1.54) is 51.4 Å². The van der Waals surface area contributed by atoms with E-state index in [1.807, 2.05) is 34.1 Å². The van der Waals surface area contributed by atoms with Gasteiger partial charge in [0.1, 0.15) is 13.2 Å². The average molecular weight is 601 g/mol. The first-order chi connectivity index (χ1) is 19.5. The second kappa shape index (κ2) is 25.2. The molecule has 0 saturated carbocycles. The van der Waals surface area contributed by atoms with Crippen LogP contribution in [0.25, 0.3) is 0 Å². The Balaban J connectivity index is 4.41. The van der Waals surface area contributed by atoms with Crippen LogP contribution >= 0.6 is 7.82 Å². The van der Waals surface area contributed by atoms with Gasteiger partial charge in [-0.15, -0.1) is 0 Å². The van der Waals surface area contributed by atoms with Gasteiger partial charge >= 0.3 is 0 Å². The molecule has 3 atom stereocenters. The number of aliphatic hydroxyl groups is 1. The van der Waals surface area contributed by atoms with E-state index in [4.69, 9.17) is 9.05 Å². The normalized spacial score (nSPS) is 15.6. The number of phosphoric ester groups is 1. The number of quaternary nitrogens is 1. The van der Waals surface area contributed by atoms with Gasteiger partial charge in [-0.1, -0.05) is 95.2 Å². The van der Waals surface area contributed by atoms with Crippen molar-refractivity contribution in [2.75, 3.05) is 40.9 Å². The molecule has 0 saturated heterocycles. The third-order valence-electron chi connectivity index (χ3n) is 6.58. The minimum absolute atomic E-state index is 0.0106. The highest BCUT2D eigenvalue weighted by Crippen LogP contribution is 2.38. The zero-order chi connectivity index (χ0) is 30.8. The summed E-state index contributed by atoms with van der Waals surface area (Å²) in [6.45, 7) is 4.31. The van der Waals surface area contributed by atoms with Crippen molar-refractivity contribution >= 4 is 13.7 Å². The van der Waals surface area contributed by atoms with Gasteiger partial charge in [0.05, 0.1) is 39.9 Å². The van der Waals surface area contributed by atoms with Crippen molar-refractivity contribution in [1.29, 1.82) is 0 Å². The van der Waals surface area contributed by atoms with Gasteiger partial charge in [0.15, 0.2) is 0 Å². The largest absolute Gasteiger partial charge is 0.756 e. The Bertz CT molecular complexity index is 779. The molecule has 1 amide bonds. The number of hydrogen-bond donors (Lipinski definition) is 2. The number of amides is 1. The SMILES string of the molecule is CCCCCCCCC/C=C/CC/C=C/CC/C=C/C(O)C(COP(=O)([O-])OCC[N+](C)(C)C)NC(=O)CCCC. The molecular weight excluding hydrogens is 539 g/mol. The number of carbonyl (C=O) groups excluding carboxylic acids is 1. The monoisotopic (exact) mass is 600 g/mol. The van der Waals surface area contributed by atoms with Crippen LogP contribution in [0.15, 0.2) is 36.5 Å². The molecule has 0 radical (unpaired) electrons. The van der Waals surface area contributed by atoms with E-state index in [9.17, 15) is 19.4 Å². The Labute approximate surface area is 251 Å². The Morgan fingerprint density at radius 2 is 1.37 bits per heavy atom. The molecule has 8 nitrogen and oxygen atoms in total. The molecule has 0 fully saturated rings. The maximum absolute atomic E-state index is 12.3. The quantitative estimate of drug-likeness (QED) is 0.0476. The fourth-order valence-corrected chi connectivity index (χ4v) is 4.65. The van der Waals surface area contributed by atoms with Crippen LogP contribution in [0.2, 0.25) is 0 Å². The fraction of sp³-hybridized carbons (Fsp3) is 0.781. The summed E-state index contributed by atoms with van der Waals surface area (Å²) in [5.41, 5.74) is 0. The molecule has 2 N–H and O–H groups in total. The lowest BCUT2D eigenvalue weighted by molar-refractivity contribution is -0.870. The zero-order valence-corrected chi connectivity index (χ0v) is 27.6. The highest BCUT2D eigenvalue weighted by molar-refractivity contribution is 7.45. The summed E-state index contributed by atoms with van der Waals surface area (Å²) in [5.74, 6) is -0.251. The van der Waals surface area contributed by atoms with Crippen LogP contribution in [0.3, 0.4) is 0 Å². The molecule has 240 valence electrons. The standard InChI is InChI=1S/C32H61N2O6P/c1-6-8-10-11-12-13-14-15-16-17-18-19-20-21-22-23-24-25-31(35)30(33-32(36)26-9-7-2)29-40-41(37,38)39-28-27-34(3,4)5/h16-17,20-21,24-25,30-31,35H,6-15,18-19,22-23,26-29H2,1-5H3,(H-,33,36,37,38)/b17-16+,21-20+,25-24+.